The minimum Gasteiger partial charge on any atom is -0.467 e. The summed E-state index contributed by atoms with van der Waals surface area (Å²) in [5, 5.41) is 0. The Kier molecular flexibility index (Phi) is 35.0. The predicted octanol–water partition coefficient (Wildman–Crippen LogP) is 15.9. The highest BCUT2D eigenvalue weighted by molar-refractivity contribution is 7.93. The number of carbonyl (C=O) groups excluding carboxylic acids is 6. The SMILES string of the molecule is C.C.COC(=O)C1C(CCCB2OC(C)(C)C(C)(C)O2)CCCN1C(=O)OCc1ccccc1.COC(=O)C1C(CCCB2OC(C)(C)C(C)(C)O2)CCCN1C(=O)OCc1ccccc1.COC(=O)C1C(CCCB2OC(C)(C)C(C)(C)O2)CCCN1C(=O)OCc1ccccc1.CSF. The van der Waals surface area contributed by atoms with E-state index in [0.29, 0.717) is 19.6 Å². The molecule has 6 atom stereocenters. The van der Waals surface area contributed by atoms with Crippen LogP contribution in [0.25, 0.3) is 0 Å². The summed E-state index contributed by atoms with van der Waals surface area (Å²) in [6.07, 6.45) is 12.1. The van der Waals surface area contributed by atoms with Gasteiger partial charge in [-0.25, -0.2) is 28.8 Å². The minimum absolute atomic E-state index is 0. The molecule has 0 aliphatic carbocycles. The van der Waals surface area contributed by atoms with Crippen LogP contribution in [0.2, 0.25) is 19.0 Å². The molecule has 6 saturated heterocycles. The number of hydrogen-bond donors (Lipinski definition) is 0. The van der Waals surface area contributed by atoms with Gasteiger partial charge in [0, 0.05) is 38.0 Å². The van der Waals surface area contributed by atoms with Crippen LogP contribution < -0.4 is 0 Å². The van der Waals surface area contributed by atoms with Gasteiger partial charge in [0.2, 0.25) is 0 Å². The standard InChI is InChI=1S/3C24H36BNO6.CH3FS.2CH4/c3*1-23(2)24(3,4)32-25(31-23)15-9-13-19-14-10-16-26(20(19)21(27)29-5)22(28)30-17-18-11-7-6-8-12-18;1-3-2;;/h3*6-8,11-12,19-20H,9-10,13-17H2,1-5H3;1H3;2*1H4. The van der Waals surface area contributed by atoms with E-state index in [2.05, 4.69) is 0 Å². The number of hydrogen-bond acceptors (Lipinski definition) is 19. The fourth-order valence-corrected chi connectivity index (χ4v) is 13.4. The van der Waals surface area contributed by atoms with Gasteiger partial charge in [-0.1, -0.05) is 125 Å². The molecule has 3 aromatic rings. The molecule has 26 heteroatoms. The van der Waals surface area contributed by atoms with Crippen molar-refractivity contribution in [1.29, 1.82) is 0 Å². The molecular weight excluding hydrogens is 1310 g/mol. The van der Waals surface area contributed by atoms with Crippen molar-refractivity contribution in [2.45, 2.75) is 266 Å². The van der Waals surface area contributed by atoms with Gasteiger partial charge < -0.3 is 56.3 Å². The van der Waals surface area contributed by atoms with Crippen LogP contribution in [0.5, 0.6) is 0 Å². The lowest BCUT2D eigenvalue weighted by Crippen LogP contribution is -2.53. The van der Waals surface area contributed by atoms with Crippen molar-refractivity contribution in [2.75, 3.05) is 47.2 Å². The number of esters is 3. The molecule has 101 heavy (non-hydrogen) atoms. The highest BCUT2D eigenvalue weighted by Crippen LogP contribution is 2.42. The summed E-state index contributed by atoms with van der Waals surface area (Å²) in [4.78, 5) is 81.0. The Hall–Kier alpha value is -5.89. The molecule has 6 aliphatic rings. The van der Waals surface area contributed by atoms with E-state index >= 15 is 0 Å². The molecule has 564 valence electrons. The van der Waals surface area contributed by atoms with Gasteiger partial charge in [0.15, 0.2) is 0 Å². The fraction of sp³-hybridized carbons (Fsp3) is 0.680. The molecule has 3 aromatic carbocycles. The molecule has 0 N–H and O–H groups in total. The van der Waals surface area contributed by atoms with Crippen LogP contribution in [0.15, 0.2) is 91.0 Å². The lowest BCUT2D eigenvalue weighted by Gasteiger charge is -2.38. The first-order chi connectivity index (χ1) is 46.8. The third kappa shape index (κ3) is 24.6. The van der Waals surface area contributed by atoms with E-state index < -0.39 is 36.4 Å². The molecule has 6 heterocycles. The van der Waals surface area contributed by atoms with E-state index in [1.54, 1.807) is 0 Å². The van der Waals surface area contributed by atoms with Crippen LogP contribution in [0.4, 0.5) is 18.3 Å². The highest BCUT2D eigenvalue weighted by atomic mass is 32.2. The normalized spacial score (nSPS) is 23.3. The summed E-state index contributed by atoms with van der Waals surface area (Å²) < 4.78 is 78.4. The van der Waals surface area contributed by atoms with Gasteiger partial charge in [-0.05, 0) is 194 Å². The molecule has 0 spiro atoms. The first-order valence-electron chi connectivity index (χ1n) is 35.2. The molecule has 6 fully saturated rings. The molecule has 0 aromatic heterocycles. The van der Waals surface area contributed by atoms with Gasteiger partial charge >= 0.3 is 57.5 Å². The first kappa shape index (κ1) is 87.5. The van der Waals surface area contributed by atoms with Crippen molar-refractivity contribution >= 4 is 69.7 Å². The van der Waals surface area contributed by atoms with Crippen LogP contribution in [-0.2, 0) is 90.6 Å². The van der Waals surface area contributed by atoms with Gasteiger partial charge in [0.25, 0.3) is 0 Å². The Bertz CT molecular complexity index is 2650. The summed E-state index contributed by atoms with van der Waals surface area (Å²) in [5.74, 6) is -1.11. The van der Waals surface area contributed by atoms with Crippen LogP contribution in [0.1, 0.15) is 192 Å². The van der Waals surface area contributed by atoms with Gasteiger partial charge in [-0.15, -0.1) is 0 Å². The predicted molar refractivity (Wildman–Crippen MR) is 394 cm³/mol. The number of ether oxygens (including phenoxy) is 6. The summed E-state index contributed by atoms with van der Waals surface area (Å²) in [6.45, 7) is 26.5. The van der Waals surface area contributed by atoms with E-state index in [1.807, 2.05) is 174 Å². The zero-order chi connectivity index (χ0) is 72.8. The first-order valence-corrected chi connectivity index (χ1v) is 36.3. The van der Waals surface area contributed by atoms with Crippen LogP contribution in [0.3, 0.4) is 0 Å². The van der Waals surface area contributed by atoms with Crippen molar-refractivity contribution in [3.05, 3.63) is 108 Å². The summed E-state index contributed by atoms with van der Waals surface area (Å²) >= 11 is 0.250. The van der Waals surface area contributed by atoms with Crippen LogP contribution >= 0.6 is 12.1 Å². The molecule has 9 rings (SSSR count). The Morgan fingerprint density at radius 2 is 0.624 bits per heavy atom. The topological polar surface area (TPSA) is 223 Å². The second kappa shape index (κ2) is 40.4. The maximum Gasteiger partial charge on any atom is 0.457 e. The highest BCUT2D eigenvalue weighted by Gasteiger charge is 2.54. The third-order valence-corrected chi connectivity index (χ3v) is 20.9. The minimum atomic E-state index is -0.629. The molecule has 6 unspecified atom stereocenters. The van der Waals surface area contributed by atoms with Gasteiger partial charge in [0.1, 0.15) is 37.9 Å². The van der Waals surface area contributed by atoms with Crippen LogP contribution in [-0.4, -0.2) is 171 Å². The zero-order valence-electron chi connectivity index (χ0n) is 61.7. The number of benzene rings is 3. The van der Waals surface area contributed by atoms with Crippen LogP contribution in [0, 0.1) is 17.8 Å². The lowest BCUT2D eigenvalue weighted by atomic mass is 9.78. The molecule has 3 amide bonds. The summed E-state index contributed by atoms with van der Waals surface area (Å²) in [6, 6.07) is 26.7. The molecule has 0 saturated carbocycles. The summed E-state index contributed by atoms with van der Waals surface area (Å²) in [7, 11) is 3.33. The maximum absolute atomic E-state index is 12.8. The van der Waals surface area contributed by atoms with E-state index in [9.17, 15) is 32.7 Å². The Balaban J connectivity index is 0.000000312. The second-order valence-corrected chi connectivity index (χ2v) is 29.6. The number of halogens is 1. The number of likely N-dealkylation sites (tertiary alicyclic amines) is 3. The van der Waals surface area contributed by atoms with Gasteiger partial charge in [-0.3, -0.25) is 14.7 Å². The van der Waals surface area contributed by atoms with E-state index in [0.717, 1.165) is 113 Å². The molecule has 0 radical (unpaired) electrons. The maximum atomic E-state index is 12.8. The smallest absolute Gasteiger partial charge is 0.457 e. The fourth-order valence-electron chi connectivity index (χ4n) is 13.4. The molecule has 0 bridgehead atoms. The zero-order valence-corrected chi connectivity index (χ0v) is 62.5. The quantitative estimate of drug-likeness (QED) is 0.0549. The summed E-state index contributed by atoms with van der Waals surface area (Å²) in [5.41, 5.74) is 0.621. The Morgan fingerprint density at radius 1 is 0.416 bits per heavy atom. The lowest BCUT2D eigenvalue weighted by molar-refractivity contribution is -0.151. The average Bonchev–Trinajstić information content (AvgIpc) is 1.72. The Labute approximate surface area is 608 Å². The monoisotopic (exact) mass is 1430 g/mol. The number of nitrogens with zero attached hydrogens (tertiary/aromatic N) is 3. The number of carbonyl (C=O) groups is 6. The molecule has 21 nitrogen and oxygen atoms in total. The Morgan fingerprint density at radius 3 is 0.822 bits per heavy atom. The average molecular weight is 1430 g/mol. The van der Waals surface area contributed by atoms with E-state index in [1.165, 1.54) is 42.3 Å². The number of rotatable bonds is 21. The van der Waals surface area contributed by atoms with E-state index in [-0.39, 0.29) is 137 Å². The second-order valence-electron chi connectivity index (χ2n) is 29.3. The third-order valence-electron chi connectivity index (χ3n) is 20.9. The number of methoxy groups -OCH3 is 3. The molecule has 6 aliphatic heterocycles. The van der Waals surface area contributed by atoms with Crippen molar-refractivity contribution < 1.29 is 89.0 Å². The molecular formula is C75H119B3FN3O18S. The van der Waals surface area contributed by atoms with E-state index in [4.69, 9.17) is 56.3 Å². The van der Waals surface area contributed by atoms with Gasteiger partial charge in [-0.2, -0.15) is 3.89 Å². The van der Waals surface area contributed by atoms with Crippen molar-refractivity contribution in [1.82, 2.24) is 14.7 Å². The number of amides is 3. The number of piperidine rings is 3. The van der Waals surface area contributed by atoms with Crippen molar-refractivity contribution in [3.8, 4) is 0 Å². The largest absolute Gasteiger partial charge is 0.467 e. The van der Waals surface area contributed by atoms with Gasteiger partial charge in [0.05, 0.1) is 54.9 Å². The van der Waals surface area contributed by atoms with Crippen molar-refractivity contribution in [3.63, 3.8) is 0 Å². The van der Waals surface area contributed by atoms with Crippen molar-refractivity contribution in [2.24, 2.45) is 17.8 Å².